The summed E-state index contributed by atoms with van der Waals surface area (Å²) in [5.41, 5.74) is 0. The van der Waals surface area contributed by atoms with Gasteiger partial charge in [-0.15, -0.1) is 10.2 Å². The Morgan fingerprint density at radius 1 is 1.33 bits per heavy atom. The van der Waals surface area contributed by atoms with Crippen LogP contribution in [0.25, 0.3) is 0 Å². The van der Waals surface area contributed by atoms with Gasteiger partial charge in [-0.05, 0) is 12.8 Å². The Labute approximate surface area is 103 Å². The minimum atomic E-state index is -4.12. The first-order valence-corrected chi connectivity index (χ1v) is 6.04. The summed E-state index contributed by atoms with van der Waals surface area (Å²) in [6.45, 7) is 1.97. The molecular formula is C11H16F3N3O. The molecule has 1 aliphatic carbocycles. The monoisotopic (exact) mass is 263 g/mol. The predicted molar refractivity (Wildman–Crippen MR) is 57.8 cm³/mol. The Morgan fingerprint density at radius 2 is 2.06 bits per heavy atom. The molecule has 4 nitrogen and oxygen atoms in total. The number of rotatable bonds is 5. The second kappa shape index (κ2) is 5.26. The molecule has 0 bridgehead atoms. The summed E-state index contributed by atoms with van der Waals surface area (Å²) >= 11 is 0. The summed E-state index contributed by atoms with van der Waals surface area (Å²) in [6.07, 6.45) is -1.94. The maximum Gasteiger partial charge on any atom is 0.390 e. The average Bonchev–Trinajstić information content (AvgIpc) is 2.56. The smallest absolute Gasteiger partial charge is 0.390 e. The van der Waals surface area contributed by atoms with Gasteiger partial charge in [0.2, 0.25) is 11.8 Å². The zero-order chi connectivity index (χ0) is 13.2. The lowest BCUT2D eigenvalue weighted by Crippen LogP contribution is -2.41. The van der Waals surface area contributed by atoms with Crippen LogP contribution in [0.4, 0.5) is 13.2 Å². The van der Waals surface area contributed by atoms with E-state index in [0.717, 1.165) is 19.3 Å². The molecule has 0 aromatic carbocycles. The average molecular weight is 263 g/mol. The van der Waals surface area contributed by atoms with Crippen molar-refractivity contribution in [1.82, 2.24) is 15.1 Å². The third kappa shape index (κ3) is 3.69. The lowest BCUT2D eigenvalue weighted by molar-refractivity contribution is -0.140. The Balaban J connectivity index is 1.92. The highest BCUT2D eigenvalue weighted by Crippen LogP contribution is 2.28. The number of hydrogen-bond acceptors (Lipinski definition) is 4. The summed E-state index contributed by atoms with van der Waals surface area (Å²) in [4.78, 5) is 1.80. The molecule has 1 saturated carbocycles. The van der Waals surface area contributed by atoms with Gasteiger partial charge in [0.05, 0.1) is 13.0 Å². The topological polar surface area (TPSA) is 42.2 Å². The van der Waals surface area contributed by atoms with Gasteiger partial charge >= 0.3 is 6.18 Å². The highest BCUT2D eigenvalue weighted by molar-refractivity contribution is 4.85. The number of nitrogens with zero attached hydrogens (tertiary/aromatic N) is 3. The minimum absolute atomic E-state index is 0.00437. The molecule has 18 heavy (non-hydrogen) atoms. The molecule has 0 spiro atoms. The third-order valence-electron chi connectivity index (χ3n) is 3.18. The zero-order valence-corrected chi connectivity index (χ0v) is 10.2. The first kappa shape index (κ1) is 13.3. The first-order chi connectivity index (χ1) is 8.44. The van der Waals surface area contributed by atoms with Gasteiger partial charge in [0.15, 0.2) is 0 Å². The van der Waals surface area contributed by atoms with E-state index >= 15 is 0 Å². The van der Waals surface area contributed by atoms with E-state index in [9.17, 15) is 13.2 Å². The van der Waals surface area contributed by atoms with Crippen LogP contribution in [0, 0.1) is 6.92 Å². The number of alkyl halides is 3. The van der Waals surface area contributed by atoms with E-state index < -0.39 is 12.6 Å². The normalized spacial score (nSPS) is 17.2. The summed E-state index contributed by atoms with van der Waals surface area (Å²) in [6, 6.07) is 0.222. The SMILES string of the molecule is Cc1nnc(CN(CCC(F)(F)F)C2CCC2)o1. The van der Waals surface area contributed by atoms with E-state index in [-0.39, 0.29) is 12.6 Å². The Hall–Kier alpha value is -1.11. The fraction of sp³-hybridized carbons (Fsp3) is 0.818. The van der Waals surface area contributed by atoms with Crippen LogP contribution in [0.1, 0.15) is 37.5 Å². The lowest BCUT2D eigenvalue weighted by Gasteiger charge is -2.36. The zero-order valence-electron chi connectivity index (χ0n) is 10.2. The molecule has 102 valence electrons. The summed E-state index contributed by atoms with van der Waals surface area (Å²) in [7, 11) is 0. The molecule has 1 aromatic rings. The fourth-order valence-electron chi connectivity index (χ4n) is 1.99. The molecule has 0 unspecified atom stereocenters. The number of aryl methyl sites for hydroxylation is 1. The molecule has 1 fully saturated rings. The highest BCUT2D eigenvalue weighted by Gasteiger charge is 2.32. The molecule has 0 radical (unpaired) electrons. The molecule has 1 aliphatic rings. The van der Waals surface area contributed by atoms with Gasteiger partial charge in [-0.3, -0.25) is 4.90 Å². The molecule has 0 atom stereocenters. The van der Waals surface area contributed by atoms with Crippen molar-refractivity contribution in [2.45, 2.75) is 51.4 Å². The van der Waals surface area contributed by atoms with Gasteiger partial charge < -0.3 is 4.42 Å². The van der Waals surface area contributed by atoms with Crippen LogP contribution < -0.4 is 0 Å². The molecule has 0 N–H and O–H groups in total. The van der Waals surface area contributed by atoms with Crippen molar-refractivity contribution < 1.29 is 17.6 Å². The van der Waals surface area contributed by atoms with Crippen LogP contribution in [-0.2, 0) is 6.54 Å². The summed E-state index contributed by atoms with van der Waals surface area (Å²) in [5, 5.41) is 7.52. The summed E-state index contributed by atoms with van der Waals surface area (Å²) < 4.78 is 42.0. The second-order valence-electron chi connectivity index (χ2n) is 4.64. The molecule has 2 rings (SSSR count). The maximum atomic E-state index is 12.3. The van der Waals surface area contributed by atoms with Crippen LogP contribution in [0.3, 0.4) is 0 Å². The quantitative estimate of drug-likeness (QED) is 0.819. The molecule has 7 heteroatoms. The van der Waals surface area contributed by atoms with Crippen LogP contribution in [0.5, 0.6) is 0 Å². The molecule has 0 saturated heterocycles. The van der Waals surface area contributed by atoms with Crippen molar-refractivity contribution in [3.8, 4) is 0 Å². The molecule has 0 aliphatic heterocycles. The van der Waals surface area contributed by atoms with Crippen LogP contribution >= 0.6 is 0 Å². The Kier molecular flexibility index (Phi) is 3.89. The minimum Gasteiger partial charge on any atom is -0.424 e. The van der Waals surface area contributed by atoms with E-state index in [1.807, 2.05) is 0 Å². The molecule has 1 heterocycles. The fourth-order valence-corrected chi connectivity index (χ4v) is 1.99. The molecule has 0 amide bonds. The number of halogens is 3. The number of hydrogen-bond donors (Lipinski definition) is 0. The van der Waals surface area contributed by atoms with Gasteiger partial charge in [-0.2, -0.15) is 13.2 Å². The van der Waals surface area contributed by atoms with Gasteiger partial charge in [-0.1, -0.05) is 6.42 Å². The standard InChI is InChI=1S/C11H16F3N3O/c1-8-15-16-10(18-8)7-17(9-3-2-4-9)6-5-11(12,13)14/h9H,2-7H2,1H3. The lowest BCUT2D eigenvalue weighted by atomic mass is 9.91. The highest BCUT2D eigenvalue weighted by atomic mass is 19.4. The number of aromatic nitrogens is 2. The largest absolute Gasteiger partial charge is 0.424 e. The van der Waals surface area contributed by atoms with Crippen LogP contribution in [-0.4, -0.2) is 33.9 Å². The van der Waals surface area contributed by atoms with Gasteiger partial charge in [-0.25, -0.2) is 0 Å². The maximum absolute atomic E-state index is 12.3. The first-order valence-electron chi connectivity index (χ1n) is 6.04. The van der Waals surface area contributed by atoms with E-state index in [1.165, 1.54) is 0 Å². The van der Waals surface area contributed by atoms with Gasteiger partial charge in [0, 0.05) is 19.5 Å². The van der Waals surface area contributed by atoms with E-state index in [0.29, 0.717) is 18.3 Å². The Bertz CT molecular complexity index is 387. The van der Waals surface area contributed by atoms with Gasteiger partial charge in [0.25, 0.3) is 0 Å². The Morgan fingerprint density at radius 3 is 2.50 bits per heavy atom. The van der Waals surface area contributed by atoms with Crippen LogP contribution in [0.2, 0.25) is 0 Å². The van der Waals surface area contributed by atoms with Crippen molar-refractivity contribution in [3.63, 3.8) is 0 Å². The van der Waals surface area contributed by atoms with E-state index in [4.69, 9.17) is 4.42 Å². The predicted octanol–water partition coefficient (Wildman–Crippen LogP) is 2.68. The second-order valence-corrected chi connectivity index (χ2v) is 4.64. The van der Waals surface area contributed by atoms with Crippen molar-refractivity contribution in [1.29, 1.82) is 0 Å². The third-order valence-corrected chi connectivity index (χ3v) is 3.18. The van der Waals surface area contributed by atoms with E-state index in [1.54, 1.807) is 11.8 Å². The van der Waals surface area contributed by atoms with Crippen molar-refractivity contribution in [2.24, 2.45) is 0 Å². The van der Waals surface area contributed by atoms with E-state index in [2.05, 4.69) is 10.2 Å². The molecular weight excluding hydrogens is 247 g/mol. The van der Waals surface area contributed by atoms with Crippen molar-refractivity contribution in [2.75, 3.05) is 6.54 Å². The van der Waals surface area contributed by atoms with Crippen molar-refractivity contribution >= 4 is 0 Å². The summed E-state index contributed by atoms with van der Waals surface area (Å²) in [5.74, 6) is 0.830. The molecule has 1 aromatic heterocycles. The van der Waals surface area contributed by atoms with Crippen LogP contribution in [0.15, 0.2) is 4.42 Å². The van der Waals surface area contributed by atoms with Crippen molar-refractivity contribution in [3.05, 3.63) is 11.8 Å². The van der Waals surface area contributed by atoms with Gasteiger partial charge in [0.1, 0.15) is 0 Å².